The van der Waals surface area contributed by atoms with Crippen LogP contribution in [0.15, 0.2) is 27.2 Å². The number of hydrogen-bond acceptors (Lipinski definition) is 6. The number of furan rings is 1. The smallest absolute Gasteiger partial charge is 0.330 e. The average Bonchev–Trinajstić information content (AvgIpc) is 2.75. The van der Waals surface area contributed by atoms with E-state index in [4.69, 9.17) is 14.7 Å². The van der Waals surface area contributed by atoms with Crippen molar-refractivity contribution in [3.8, 4) is 11.7 Å². The Morgan fingerprint density at radius 3 is 2.92 bits per heavy atom. The first-order valence-electron chi connectivity index (χ1n) is 3.24. The summed E-state index contributed by atoms with van der Waals surface area (Å²) in [7, 11) is 0. The van der Waals surface area contributed by atoms with Gasteiger partial charge < -0.3 is 8.83 Å². The molecule has 0 aliphatic rings. The molecule has 0 amide bonds. The third kappa shape index (κ3) is 1.04. The van der Waals surface area contributed by atoms with Crippen LogP contribution in [-0.4, -0.2) is 10.2 Å². The van der Waals surface area contributed by atoms with E-state index in [1.165, 1.54) is 6.26 Å². The third-order valence-electron chi connectivity index (χ3n) is 1.28. The maximum absolute atomic E-state index is 5.04. The zero-order valence-corrected chi connectivity index (χ0v) is 6.02. The van der Waals surface area contributed by atoms with E-state index in [1.807, 2.05) is 0 Å². The molecule has 0 aliphatic heterocycles. The van der Waals surface area contributed by atoms with Crippen LogP contribution in [-0.2, 0) is 0 Å². The van der Waals surface area contributed by atoms with E-state index in [9.17, 15) is 0 Å². The predicted molar refractivity (Wildman–Crippen MR) is 39.8 cm³/mol. The van der Waals surface area contributed by atoms with Gasteiger partial charge >= 0.3 is 6.01 Å². The molecule has 2 rings (SSSR count). The van der Waals surface area contributed by atoms with E-state index in [-0.39, 0.29) is 6.01 Å². The molecule has 6 heteroatoms. The Bertz CT molecular complexity index is 353. The molecule has 0 unspecified atom stereocenters. The fourth-order valence-corrected chi connectivity index (χ4v) is 0.781. The van der Waals surface area contributed by atoms with Gasteiger partial charge in [0.05, 0.1) is 6.26 Å². The van der Waals surface area contributed by atoms with Crippen LogP contribution in [0.3, 0.4) is 0 Å². The van der Waals surface area contributed by atoms with Crippen LogP contribution in [0, 0.1) is 0 Å². The summed E-state index contributed by atoms with van der Waals surface area (Å²) >= 11 is 0. The molecule has 2 heterocycles. The topological polar surface area (TPSA) is 90.1 Å². The number of nitrogens with two attached hydrogens (primary N) is 1. The molecule has 0 aromatic carbocycles. The number of hydrogen-bond donors (Lipinski definition) is 2. The van der Waals surface area contributed by atoms with E-state index in [0.717, 1.165) is 0 Å². The second-order valence-electron chi connectivity index (χ2n) is 2.03. The maximum atomic E-state index is 5.04. The summed E-state index contributed by atoms with van der Waals surface area (Å²) in [5.74, 6) is 5.86. The molecule has 6 nitrogen and oxygen atoms in total. The molecule has 0 fully saturated rings. The second-order valence-corrected chi connectivity index (χ2v) is 2.03. The molecule has 0 radical (unpaired) electrons. The quantitative estimate of drug-likeness (QED) is 0.502. The van der Waals surface area contributed by atoms with Gasteiger partial charge in [0.15, 0.2) is 5.76 Å². The summed E-state index contributed by atoms with van der Waals surface area (Å²) in [5.41, 5.74) is 2.23. The van der Waals surface area contributed by atoms with E-state index in [1.54, 1.807) is 12.1 Å². The van der Waals surface area contributed by atoms with Gasteiger partial charge in [-0.1, -0.05) is 5.10 Å². The van der Waals surface area contributed by atoms with Crippen molar-refractivity contribution in [3.63, 3.8) is 0 Å². The highest BCUT2D eigenvalue weighted by atomic mass is 16.4. The number of nitrogens with zero attached hydrogens (tertiary/aromatic N) is 2. The fraction of sp³-hybridized carbons (Fsp3) is 0. The molecule has 0 saturated carbocycles. The van der Waals surface area contributed by atoms with Gasteiger partial charge in [-0.25, -0.2) is 5.84 Å². The lowest BCUT2D eigenvalue weighted by molar-refractivity contribution is 0.523. The molecule has 0 saturated heterocycles. The average molecular weight is 166 g/mol. The monoisotopic (exact) mass is 166 g/mol. The summed E-state index contributed by atoms with van der Waals surface area (Å²) in [5, 5.41) is 7.25. The Labute approximate surface area is 67.3 Å². The molecule has 0 atom stereocenters. The molecule has 62 valence electrons. The SMILES string of the molecule is NNc1nnc(-c2ccco2)o1. The predicted octanol–water partition coefficient (Wildman–Crippen LogP) is 0.615. The van der Waals surface area contributed by atoms with Crippen molar-refractivity contribution >= 4 is 6.01 Å². The van der Waals surface area contributed by atoms with Crippen LogP contribution < -0.4 is 11.3 Å². The van der Waals surface area contributed by atoms with Crippen LogP contribution in [0.5, 0.6) is 0 Å². The van der Waals surface area contributed by atoms with Crippen molar-refractivity contribution in [1.29, 1.82) is 0 Å². The Kier molecular flexibility index (Phi) is 1.52. The first-order chi connectivity index (χ1) is 5.90. The highest BCUT2D eigenvalue weighted by molar-refractivity contribution is 5.44. The highest BCUT2D eigenvalue weighted by Gasteiger charge is 2.08. The Morgan fingerprint density at radius 2 is 2.33 bits per heavy atom. The largest absolute Gasteiger partial charge is 0.459 e. The standard InChI is InChI=1S/C6H6N4O2/c7-8-6-10-9-5(12-6)4-2-1-3-11-4/h1-3H,7H2,(H,8,10). The number of rotatable bonds is 2. The Morgan fingerprint density at radius 1 is 1.42 bits per heavy atom. The first kappa shape index (κ1) is 6.86. The summed E-state index contributed by atoms with van der Waals surface area (Å²) in [6.07, 6.45) is 1.52. The van der Waals surface area contributed by atoms with Gasteiger partial charge in [-0.2, -0.15) is 0 Å². The van der Waals surface area contributed by atoms with Gasteiger partial charge in [0, 0.05) is 0 Å². The van der Waals surface area contributed by atoms with Gasteiger partial charge in [-0.3, -0.25) is 5.43 Å². The molecular weight excluding hydrogens is 160 g/mol. The number of hydrazine groups is 1. The zero-order chi connectivity index (χ0) is 8.39. The third-order valence-corrected chi connectivity index (χ3v) is 1.28. The summed E-state index contributed by atoms with van der Waals surface area (Å²) in [6.45, 7) is 0. The number of aromatic nitrogens is 2. The fourth-order valence-electron chi connectivity index (χ4n) is 0.781. The highest BCUT2D eigenvalue weighted by Crippen LogP contribution is 2.18. The molecular formula is C6H6N4O2. The lowest BCUT2D eigenvalue weighted by atomic mass is 10.5. The molecule has 0 aliphatic carbocycles. The molecule has 2 aromatic heterocycles. The van der Waals surface area contributed by atoms with E-state index in [0.29, 0.717) is 11.7 Å². The summed E-state index contributed by atoms with van der Waals surface area (Å²) < 4.78 is 10.0. The van der Waals surface area contributed by atoms with E-state index in [2.05, 4.69) is 15.6 Å². The van der Waals surface area contributed by atoms with Crippen molar-refractivity contribution in [3.05, 3.63) is 18.4 Å². The van der Waals surface area contributed by atoms with Gasteiger partial charge in [-0.05, 0) is 12.1 Å². The Hall–Kier alpha value is -1.82. The van der Waals surface area contributed by atoms with E-state index >= 15 is 0 Å². The minimum atomic E-state index is 0.154. The van der Waals surface area contributed by atoms with Crippen LogP contribution in [0.25, 0.3) is 11.7 Å². The van der Waals surface area contributed by atoms with Crippen LogP contribution in [0.1, 0.15) is 0 Å². The van der Waals surface area contributed by atoms with Gasteiger partial charge in [0.1, 0.15) is 0 Å². The number of anilines is 1. The second kappa shape index (κ2) is 2.67. The minimum absolute atomic E-state index is 0.154. The van der Waals surface area contributed by atoms with Crippen molar-refractivity contribution in [2.24, 2.45) is 5.84 Å². The van der Waals surface area contributed by atoms with Crippen LogP contribution >= 0.6 is 0 Å². The summed E-state index contributed by atoms with van der Waals surface area (Å²) in [6, 6.07) is 3.60. The van der Waals surface area contributed by atoms with Crippen LogP contribution in [0.4, 0.5) is 6.01 Å². The lowest BCUT2D eigenvalue weighted by Crippen LogP contribution is -2.06. The Balaban J connectivity index is 2.35. The lowest BCUT2D eigenvalue weighted by Gasteiger charge is -1.86. The van der Waals surface area contributed by atoms with Gasteiger partial charge in [0.2, 0.25) is 0 Å². The number of nitrogen functional groups attached to an aromatic ring is 1. The van der Waals surface area contributed by atoms with Crippen molar-refractivity contribution in [2.75, 3.05) is 5.43 Å². The van der Waals surface area contributed by atoms with Crippen molar-refractivity contribution in [2.45, 2.75) is 0 Å². The molecule has 0 spiro atoms. The number of nitrogens with one attached hydrogen (secondary N) is 1. The minimum Gasteiger partial charge on any atom is -0.459 e. The molecule has 0 bridgehead atoms. The zero-order valence-electron chi connectivity index (χ0n) is 6.02. The summed E-state index contributed by atoms with van der Waals surface area (Å²) in [4.78, 5) is 0. The molecule has 2 aromatic rings. The van der Waals surface area contributed by atoms with Crippen molar-refractivity contribution in [1.82, 2.24) is 10.2 Å². The normalized spacial score (nSPS) is 10.1. The van der Waals surface area contributed by atoms with Crippen molar-refractivity contribution < 1.29 is 8.83 Å². The molecule has 3 N–H and O–H groups in total. The first-order valence-corrected chi connectivity index (χ1v) is 3.24. The van der Waals surface area contributed by atoms with Gasteiger partial charge in [0.25, 0.3) is 5.89 Å². The van der Waals surface area contributed by atoms with Crippen LogP contribution in [0.2, 0.25) is 0 Å². The van der Waals surface area contributed by atoms with E-state index < -0.39 is 0 Å². The van der Waals surface area contributed by atoms with Gasteiger partial charge in [-0.15, -0.1) is 5.10 Å². The molecule has 12 heavy (non-hydrogen) atoms. The maximum Gasteiger partial charge on any atom is 0.330 e.